The van der Waals surface area contributed by atoms with Gasteiger partial charge in [0.05, 0.1) is 26.0 Å². The van der Waals surface area contributed by atoms with Crippen LogP contribution in [-0.2, 0) is 0 Å². The fourth-order valence-electron chi connectivity index (χ4n) is 4.38. The first-order valence-electron chi connectivity index (χ1n) is 10.3. The summed E-state index contributed by atoms with van der Waals surface area (Å²) in [6, 6.07) is 2.82. The highest BCUT2D eigenvalue weighted by atomic mass is 16.5. The molecule has 1 unspecified atom stereocenters. The number of phenolic OH excluding ortho intramolecular Hbond substituents is 1. The molecule has 0 radical (unpaired) electrons. The number of aromatic amines is 1. The molecular formula is C21H26N4O6. The predicted octanol–water partition coefficient (Wildman–Crippen LogP) is 1.91. The van der Waals surface area contributed by atoms with Crippen LogP contribution >= 0.6 is 0 Å². The van der Waals surface area contributed by atoms with E-state index in [-0.39, 0.29) is 47.2 Å². The summed E-state index contributed by atoms with van der Waals surface area (Å²) in [5.74, 6) is 0.0385. The number of hydrogen-bond acceptors (Lipinski definition) is 8. The van der Waals surface area contributed by atoms with Crippen LogP contribution in [0.2, 0.25) is 0 Å². The Kier molecular flexibility index (Phi) is 5.62. The number of benzene rings is 1. The Morgan fingerprint density at radius 3 is 2.32 bits per heavy atom. The molecule has 1 atom stereocenters. The molecule has 10 heteroatoms. The Morgan fingerprint density at radius 2 is 1.71 bits per heavy atom. The van der Waals surface area contributed by atoms with Crippen LogP contribution in [0.3, 0.4) is 0 Å². The van der Waals surface area contributed by atoms with Crippen LogP contribution in [0.5, 0.6) is 23.1 Å². The van der Waals surface area contributed by atoms with Gasteiger partial charge in [-0.3, -0.25) is 14.3 Å². The number of methoxy groups -OCH3 is 2. The molecule has 1 fully saturated rings. The number of nitrogens with zero attached hydrogens (tertiary/aromatic N) is 2. The van der Waals surface area contributed by atoms with E-state index in [9.17, 15) is 19.8 Å². The molecule has 2 aromatic rings. The Hall–Kier alpha value is -3.43. The summed E-state index contributed by atoms with van der Waals surface area (Å²) in [6.07, 6.45) is 4.88. The second-order valence-electron chi connectivity index (χ2n) is 7.84. The van der Waals surface area contributed by atoms with Gasteiger partial charge in [0, 0.05) is 12.5 Å². The van der Waals surface area contributed by atoms with Crippen molar-refractivity contribution < 1.29 is 19.7 Å². The van der Waals surface area contributed by atoms with Crippen molar-refractivity contribution in [3.8, 4) is 23.1 Å². The van der Waals surface area contributed by atoms with Crippen LogP contribution in [0.4, 0.5) is 0 Å². The molecule has 1 aliphatic heterocycles. The number of nitrogens with one attached hydrogen (secondary N) is 2. The third kappa shape index (κ3) is 3.73. The van der Waals surface area contributed by atoms with Gasteiger partial charge in [0.1, 0.15) is 5.56 Å². The Morgan fingerprint density at radius 1 is 1.06 bits per heavy atom. The topological polar surface area (TPSA) is 138 Å². The molecule has 10 nitrogen and oxygen atoms in total. The van der Waals surface area contributed by atoms with E-state index < -0.39 is 11.2 Å². The van der Waals surface area contributed by atoms with Crippen molar-refractivity contribution in [2.75, 3.05) is 14.2 Å². The van der Waals surface area contributed by atoms with Crippen molar-refractivity contribution in [2.45, 2.75) is 50.6 Å². The number of hydrazone groups is 1. The maximum absolute atomic E-state index is 12.6. The summed E-state index contributed by atoms with van der Waals surface area (Å²) in [4.78, 5) is 27.3. The van der Waals surface area contributed by atoms with Crippen LogP contribution in [0, 0.1) is 0 Å². The van der Waals surface area contributed by atoms with E-state index >= 15 is 0 Å². The van der Waals surface area contributed by atoms with E-state index in [4.69, 9.17) is 9.47 Å². The van der Waals surface area contributed by atoms with E-state index in [1.165, 1.54) is 18.8 Å². The Balaban J connectivity index is 1.67. The highest BCUT2D eigenvalue weighted by molar-refractivity contribution is 6.03. The molecule has 4 rings (SSSR count). The number of rotatable bonds is 5. The number of phenols is 1. The molecular weight excluding hydrogens is 404 g/mol. The van der Waals surface area contributed by atoms with Crippen LogP contribution < -0.4 is 26.1 Å². The first-order valence-corrected chi connectivity index (χ1v) is 10.3. The minimum absolute atomic E-state index is 0.00196. The molecule has 31 heavy (non-hydrogen) atoms. The fraction of sp³-hybridized carbons (Fsp3) is 0.476. The molecule has 1 saturated carbocycles. The SMILES string of the molecule is COc1cc(C2CC(c3c(O)n(C4CCCCC4)c(=O)[nH]c3=O)=NN2)cc(OC)c1O. The summed E-state index contributed by atoms with van der Waals surface area (Å²) in [5.41, 5.74) is 2.75. The highest BCUT2D eigenvalue weighted by Crippen LogP contribution is 2.40. The van der Waals surface area contributed by atoms with E-state index in [1.54, 1.807) is 12.1 Å². The van der Waals surface area contributed by atoms with Crippen molar-refractivity contribution >= 4 is 5.71 Å². The lowest BCUT2D eigenvalue weighted by atomic mass is 9.95. The lowest BCUT2D eigenvalue weighted by Crippen LogP contribution is -2.36. The highest BCUT2D eigenvalue weighted by Gasteiger charge is 2.30. The Labute approximate surface area is 178 Å². The van der Waals surface area contributed by atoms with Crippen molar-refractivity contribution in [3.63, 3.8) is 0 Å². The maximum Gasteiger partial charge on any atom is 0.331 e. The first kappa shape index (κ1) is 20.8. The van der Waals surface area contributed by atoms with E-state index in [1.807, 2.05) is 0 Å². The second kappa shape index (κ2) is 8.37. The van der Waals surface area contributed by atoms with E-state index in [2.05, 4.69) is 15.5 Å². The molecule has 0 saturated heterocycles. The zero-order valence-corrected chi connectivity index (χ0v) is 17.5. The second-order valence-corrected chi connectivity index (χ2v) is 7.84. The monoisotopic (exact) mass is 430 g/mol. The van der Waals surface area contributed by atoms with Gasteiger partial charge in [0.2, 0.25) is 11.6 Å². The maximum atomic E-state index is 12.6. The minimum atomic E-state index is -0.670. The van der Waals surface area contributed by atoms with E-state index in [0.717, 1.165) is 37.7 Å². The van der Waals surface area contributed by atoms with E-state index in [0.29, 0.717) is 5.71 Å². The molecule has 4 N–H and O–H groups in total. The van der Waals surface area contributed by atoms with Gasteiger partial charge in [0.15, 0.2) is 11.5 Å². The molecule has 0 spiro atoms. The number of hydrogen-bond donors (Lipinski definition) is 4. The lowest BCUT2D eigenvalue weighted by Gasteiger charge is -2.25. The Bertz CT molecular complexity index is 1100. The lowest BCUT2D eigenvalue weighted by molar-refractivity contribution is 0.298. The van der Waals surface area contributed by atoms with Gasteiger partial charge in [-0.05, 0) is 30.5 Å². The first-order chi connectivity index (χ1) is 14.9. The quantitative estimate of drug-likeness (QED) is 0.568. The molecule has 1 aromatic carbocycles. The normalized spacial score (nSPS) is 19.0. The van der Waals surface area contributed by atoms with Crippen LogP contribution in [0.15, 0.2) is 26.8 Å². The summed E-state index contributed by atoms with van der Waals surface area (Å²) in [6.45, 7) is 0. The summed E-state index contributed by atoms with van der Waals surface area (Å²) in [5, 5.41) is 25.3. The number of aromatic hydroxyl groups is 2. The van der Waals surface area contributed by atoms with Crippen molar-refractivity contribution in [1.82, 2.24) is 15.0 Å². The molecule has 1 aliphatic carbocycles. The predicted molar refractivity (Wildman–Crippen MR) is 113 cm³/mol. The molecule has 1 aromatic heterocycles. The van der Waals surface area contributed by atoms with Crippen molar-refractivity contribution in [2.24, 2.45) is 5.10 Å². The zero-order valence-electron chi connectivity index (χ0n) is 17.5. The van der Waals surface area contributed by atoms with Gasteiger partial charge in [-0.1, -0.05) is 19.3 Å². The van der Waals surface area contributed by atoms with Gasteiger partial charge in [-0.2, -0.15) is 5.10 Å². The molecule has 0 bridgehead atoms. The average Bonchev–Trinajstić information content (AvgIpc) is 3.24. The molecule has 2 aliphatic rings. The fourth-order valence-corrected chi connectivity index (χ4v) is 4.38. The standard InChI is InChI=1S/C21H26N4O6/c1-30-15-8-11(9-16(31-2)18(15)26)13-10-14(24-23-13)17-19(27)22-21(29)25(20(17)28)12-6-4-3-5-7-12/h8-9,12-13,23,26,28H,3-7,10H2,1-2H3,(H,22,27,29). The minimum Gasteiger partial charge on any atom is -0.502 e. The average molecular weight is 430 g/mol. The summed E-state index contributed by atoms with van der Waals surface area (Å²) in [7, 11) is 2.88. The number of H-pyrrole nitrogens is 1. The van der Waals surface area contributed by atoms with Gasteiger partial charge in [-0.15, -0.1) is 0 Å². The van der Waals surface area contributed by atoms with Crippen molar-refractivity contribution in [3.05, 3.63) is 44.1 Å². The van der Waals surface area contributed by atoms with Gasteiger partial charge in [-0.25, -0.2) is 4.79 Å². The molecule has 0 amide bonds. The smallest absolute Gasteiger partial charge is 0.331 e. The third-order valence-corrected chi connectivity index (χ3v) is 6.00. The number of ether oxygens (including phenoxy) is 2. The third-order valence-electron chi connectivity index (χ3n) is 6.00. The summed E-state index contributed by atoms with van der Waals surface area (Å²) < 4.78 is 11.7. The molecule has 166 valence electrons. The zero-order chi connectivity index (χ0) is 22.1. The summed E-state index contributed by atoms with van der Waals surface area (Å²) >= 11 is 0. The van der Waals surface area contributed by atoms with Crippen LogP contribution in [-0.4, -0.2) is 39.7 Å². The molecule has 2 heterocycles. The van der Waals surface area contributed by atoms with Gasteiger partial charge in [0.25, 0.3) is 5.56 Å². The van der Waals surface area contributed by atoms with Gasteiger partial charge < -0.3 is 25.1 Å². The largest absolute Gasteiger partial charge is 0.502 e. The van der Waals surface area contributed by atoms with Gasteiger partial charge >= 0.3 is 5.69 Å². The van der Waals surface area contributed by atoms with Crippen LogP contribution in [0.25, 0.3) is 0 Å². The van der Waals surface area contributed by atoms with Crippen molar-refractivity contribution in [1.29, 1.82) is 0 Å². The number of aromatic nitrogens is 2. The van der Waals surface area contributed by atoms with Crippen LogP contribution in [0.1, 0.15) is 61.7 Å².